The molecule has 12 heavy (non-hydrogen) atoms. The second-order valence-electron chi connectivity index (χ2n) is 3.82. The zero-order chi connectivity index (χ0) is 8.81. The zero-order valence-corrected chi connectivity index (χ0v) is 8.34. The van der Waals surface area contributed by atoms with Gasteiger partial charge in [0, 0.05) is 12.1 Å². The van der Waals surface area contributed by atoms with Gasteiger partial charge in [0.1, 0.15) is 0 Å². The number of hydrogen-bond acceptors (Lipinski definition) is 1. The first-order chi connectivity index (χ1) is 5.83. The van der Waals surface area contributed by atoms with Gasteiger partial charge in [-0.05, 0) is 26.2 Å². The lowest BCUT2D eigenvalue weighted by molar-refractivity contribution is 0.374. The predicted molar refractivity (Wildman–Crippen MR) is 54.3 cm³/mol. The van der Waals surface area contributed by atoms with E-state index >= 15 is 0 Å². The minimum atomic E-state index is 0.653. The van der Waals surface area contributed by atoms with Crippen LogP contribution in [-0.4, -0.2) is 12.1 Å². The summed E-state index contributed by atoms with van der Waals surface area (Å²) < 4.78 is 0. The van der Waals surface area contributed by atoms with Gasteiger partial charge in [0.25, 0.3) is 0 Å². The van der Waals surface area contributed by atoms with Crippen molar-refractivity contribution in [3.63, 3.8) is 0 Å². The number of nitrogens with one attached hydrogen (secondary N) is 1. The SMILES string of the molecule is CCC/C=C/C1CCCC(C)N1. The van der Waals surface area contributed by atoms with E-state index in [1.807, 2.05) is 0 Å². The third-order valence-electron chi connectivity index (χ3n) is 2.47. The van der Waals surface area contributed by atoms with E-state index in [2.05, 4.69) is 31.3 Å². The fourth-order valence-electron chi connectivity index (χ4n) is 1.76. The number of allylic oxidation sites excluding steroid dienone is 1. The highest BCUT2D eigenvalue weighted by Gasteiger charge is 2.14. The normalized spacial score (nSPS) is 31.2. The van der Waals surface area contributed by atoms with Crippen molar-refractivity contribution in [2.45, 2.75) is 58.0 Å². The molecule has 1 rings (SSSR count). The van der Waals surface area contributed by atoms with Gasteiger partial charge in [-0.25, -0.2) is 0 Å². The summed E-state index contributed by atoms with van der Waals surface area (Å²) in [4.78, 5) is 0. The molecule has 0 spiro atoms. The molecule has 0 aromatic heterocycles. The maximum atomic E-state index is 3.59. The van der Waals surface area contributed by atoms with Gasteiger partial charge in [0.2, 0.25) is 0 Å². The monoisotopic (exact) mass is 167 g/mol. The average Bonchev–Trinajstić information content (AvgIpc) is 2.05. The quantitative estimate of drug-likeness (QED) is 0.637. The first-order valence-corrected chi connectivity index (χ1v) is 5.25. The Labute approximate surface area is 76.2 Å². The van der Waals surface area contributed by atoms with Crippen molar-refractivity contribution in [3.8, 4) is 0 Å². The summed E-state index contributed by atoms with van der Waals surface area (Å²) in [7, 11) is 0. The van der Waals surface area contributed by atoms with Crippen molar-refractivity contribution in [1.29, 1.82) is 0 Å². The van der Waals surface area contributed by atoms with Gasteiger partial charge in [0.15, 0.2) is 0 Å². The summed E-state index contributed by atoms with van der Waals surface area (Å²) in [5.74, 6) is 0. The predicted octanol–water partition coefficient (Wildman–Crippen LogP) is 2.87. The largest absolute Gasteiger partial charge is 0.308 e. The first-order valence-electron chi connectivity index (χ1n) is 5.25. The number of rotatable bonds is 3. The van der Waals surface area contributed by atoms with Crippen molar-refractivity contribution in [2.75, 3.05) is 0 Å². The van der Waals surface area contributed by atoms with Crippen molar-refractivity contribution in [2.24, 2.45) is 0 Å². The molecule has 2 unspecified atom stereocenters. The maximum absolute atomic E-state index is 3.59. The molecule has 0 bridgehead atoms. The topological polar surface area (TPSA) is 12.0 Å². The molecular formula is C11H21N. The third kappa shape index (κ3) is 3.40. The Kier molecular flexibility index (Phi) is 4.37. The highest BCUT2D eigenvalue weighted by Crippen LogP contribution is 2.13. The molecule has 0 radical (unpaired) electrons. The zero-order valence-electron chi connectivity index (χ0n) is 8.34. The molecule has 0 aromatic carbocycles. The minimum Gasteiger partial charge on any atom is -0.308 e. The van der Waals surface area contributed by atoms with Gasteiger partial charge < -0.3 is 5.32 Å². The molecule has 1 heterocycles. The van der Waals surface area contributed by atoms with Gasteiger partial charge in [-0.1, -0.05) is 31.9 Å². The summed E-state index contributed by atoms with van der Waals surface area (Å²) in [5, 5.41) is 3.59. The van der Waals surface area contributed by atoms with E-state index in [9.17, 15) is 0 Å². The Balaban J connectivity index is 2.22. The Morgan fingerprint density at radius 2 is 2.25 bits per heavy atom. The third-order valence-corrected chi connectivity index (χ3v) is 2.47. The summed E-state index contributed by atoms with van der Waals surface area (Å²) in [6.07, 6.45) is 11.2. The molecule has 70 valence electrons. The smallest absolute Gasteiger partial charge is 0.0252 e. The van der Waals surface area contributed by atoms with E-state index in [-0.39, 0.29) is 0 Å². The van der Waals surface area contributed by atoms with Crippen LogP contribution in [0.4, 0.5) is 0 Å². The van der Waals surface area contributed by atoms with Crippen molar-refractivity contribution >= 4 is 0 Å². The van der Waals surface area contributed by atoms with Crippen LogP contribution in [0.5, 0.6) is 0 Å². The molecule has 1 fully saturated rings. The molecular weight excluding hydrogens is 146 g/mol. The molecule has 1 saturated heterocycles. The Bertz CT molecular complexity index is 140. The summed E-state index contributed by atoms with van der Waals surface area (Å²) >= 11 is 0. The van der Waals surface area contributed by atoms with Crippen molar-refractivity contribution < 1.29 is 0 Å². The Morgan fingerprint density at radius 1 is 1.42 bits per heavy atom. The molecule has 1 heteroatoms. The number of unbranched alkanes of at least 4 members (excludes halogenated alkanes) is 1. The minimum absolute atomic E-state index is 0.653. The van der Waals surface area contributed by atoms with E-state index in [0.717, 1.165) is 6.04 Å². The fraction of sp³-hybridized carbons (Fsp3) is 0.818. The van der Waals surface area contributed by atoms with Gasteiger partial charge in [-0.15, -0.1) is 0 Å². The molecule has 0 amide bonds. The number of piperidine rings is 1. The molecule has 1 aliphatic heterocycles. The van der Waals surface area contributed by atoms with Gasteiger partial charge in [-0.3, -0.25) is 0 Å². The second kappa shape index (κ2) is 5.36. The molecule has 1 aliphatic rings. The Hall–Kier alpha value is -0.300. The molecule has 0 aliphatic carbocycles. The lowest BCUT2D eigenvalue weighted by Gasteiger charge is -2.26. The van der Waals surface area contributed by atoms with Crippen LogP contribution in [0.3, 0.4) is 0 Å². The van der Waals surface area contributed by atoms with Crippen LogP contribution in [0.25, 0.3) is 0 Å². The summed E-state index contributed by atoms with van der Waals surface area (Å²) in [5.41, 5.74) is 0. The lowest BCUT2D eigenvalue weighted by atomic mass is 9.99. The highest BCUT2D eigenvalue weighted by molar-refractivity contribution is 4.95. The van der Waals surface area contributed by atoms with E-state index in [1.165, 1.54) is 32.1 Å². The summed E-state index contributed by atoms with van der Waals surface area (Å²) in [6, 6.07) is 1.37. The number of hydrogen-bond donors (Lipinski definition) is 1. The molecule has 0 aromatic rings. The van der Waals surface area contributed by atoms with Crippen molar-refractivity contribution in [3.05, 3.63) is 12.2 Å². The van der Waals surface area contributed by atoms with Gasteiger partial charge in [-0.2, -0.15) is 0 Å². The van der Waals surface area contributed by atoms with Crippen LogP contribution < -0.4 is 5.32 Å². The second-order valence-corrected chi connectivity index (χ2v) is 3.82. The van der Waals surface area contributed by atoms with E-state index in [0.29, 0.717) is 6.04 Å². The molecule has 0 saturated carbocycles. The summed E-state index contributed by atoms with van der Waals surface area (Å²) in [6.45, 7) is 4.50. The fourth-order valence-corrected chi connectivity index (χ4v) is 1.76. The van der Waals surface area contributed by atoms with Crippen LogP contribution in [0.1, 0.15) is 46.0 Å². The molecule has 1 nitrogen and oxygen atoms in total. The molecule has 1 N–H and O–H groups in total. The van der Waals surface area contributed by atoms with Gasteiger partial charge >= 0.3 is 0 Å². The van der Waals surface area contributed by atoms with E-state index < -0.39 is 0 Å². The van der Waals surface area contributed by atoms with Crippen LogP contribution in [0, 0.1) is 0 Å². The lowest BCUT2D eigenvalue weighted by Crippen LogP contribution is -2.39. The maximum Gasteiger partial charge on any atom is 0.0252 e. The van der Waals surface area contributed by atoms with E-state index in [1.54, 1.807) is 0 Å². The van der Waals surface area contributed by atoms with Crippen molar-refractivity contribution in [1.82, 2.24) is 5.32 Å². The first kappa shape index (κ1) is 9.79. The van der Waals surface area contributed by atoms with Crippen LogP contribution >= 0.6 is 0 Å². The van der Waals surface area contributed by atoms with Crippen LogP contribution in [0.15, 0.2) is 12.2 Å². The Morgan fingerprint density at radius 3 is 2.92 bits per heavy atom. The highest BCUT2D eigenvalue weighted by atomic mass is 14.9. The van der Waals surface area contributed by atoms with E-state index in [4.69, 9.17) is 0 Å². The standard InChI is InChI=1S/C11H21N/c1-3-4-5-8-11-9-6-7-10(2)12-11/h5,8,10-12H,3-4,6-7,9H2,1-2H3/b8-5+. The van der Waals surface area contributed by atoms with Crippen LogP contribution in [0.2, 0.25) is 0 Å². The molecule has 2 atom stereocenters. The average molecular weight is 167 g/mol. The van der Waals surface area contributed by atoms with Gasteiger partial charge in [0.05, 0.1) is 0 Å². The van der Waals surface area contributed by atoms with Crippen LogP contribution in [-0.2, 0) is 0 Å².